The molecule has 1 rings (SSSR count). The Bertz CT molecular complexity index is 393. The summed E-state index contributed by atoms with van der Waals surface area (Å²) in [7, 11) is 3.34. The zero-order chi connectivity index (χ0) is 13.4. The van der Waals surface area contributed by atoms with E-state index in [1.165, 1.54) is 0 Å². The number of benzene rings is 1. The Morgan fingerprint density at radius 1 is 1.39 bits per heavy atom. The normalized spacial score (nSPS) is 9.94. The summed E-state index contributed by atoms with van der Waals surface area (Å²) >= 11 is 0. The standard InChI is InChI=1S/C13H19NO4/c1-4-17-12(15)8-10-6-5-7-11(14-2)13(10)18-9-16-3/h5-7,14H,4,8-9H2,1-3H3. The predicted octanol–water partition coefficient (Wildman–Crippen LogP) is 1.82. The molecule has 0 fully saturated rings. The van der Waals surface area contributed by atoms with E-state index < -0.39 is 0 Å². The highest BCUT2D eigenvalue weighted by Gasteiger charge is 2.13. The van der Waals surface area contributed by atoms with E-state index in [1.807, 2.05) is 18.2 Å². The topological polar surface area (TPSA) is 56.8 Å². The Kier molecular flexibility index (Phi) is 6.00. The van der Waals surface area contributed by atoms with Gasteiger partial charge in [-0.15, -0.1) is 0 Å². The number of esters is 1. The molecule has 1 aromatic carbocycles. The van der Waals surface area contributed by atoms with Crippen molar-refractivity contribution in [1.29, 1.82) is 0 Å². The summed E-state index contributed by atoms with van der Waals surface area (Å²) in [6.07, 6.45) is 0.183. The average molecular weight is 253 g/mol. The third kappa shape index (κ3) is 3.92. The maximum atomic E-state index is 11.5. The van der Waals surface area contributed by atoms with Crippen molar-refractivity contribution in [2.75, 3.05) is 32.9 Å². The molecular weight excluding hydrogens is 234 g/mol. The van der Waals surface area contributed by atoms with Crippen LogP contribution in [-0.2, 0) is 20.7 Å². The van der Waals surface area contributed by atoms with Gasteiger partial charge in [0.15, 0.2) is 6.79 Å². The van der Waals surface area contributed by atoms with Crippen LogP contribution in [0.4, 0.5) is 5.69 Å². The van der Waals surface area contributed by atoms with Gasteiger partial charge in [0, 0.05) is 19.7 Å². The molecule has 5 heteroatoms. The zero-order valence-electron chi connectivity index (χ0n) is 11.0. The molecule has 5 nitrogen and oxygen atoms in total. The van der Waals surface area contributed by atoms with Crippen molar-refractivity contribution < 1.29 is 19.0 Å². The lowest BCUT2D eigenvalue weighted by atomic mass is 10.1. The molecule has 0 amide bonds. The first-order chi connectivity index (χ1) is 8.72. The lowest BCUT2D eigenvalue weighted by Gasteiger charge is -2.14. The van der Waals surface area contributed by atoms with E-state index in [0.717, 1.165) is 11.3 Å². The molecule has 0 aromatic heterocycles. The number of nitrogens with one attached hydrogen (secondary N) is 1. The van der Waals surface area contributed by atoms with Crippen molar-refractivity contribution >= 4 is 11.7 Å². The molecule has 0 unspecified atom stereocenters. The van der Waals surface area contributed by atoms with Crippen LogP contribution in [0, 0.1) is 0 Å². The Morgan fingerprint density at radius 2 is 2.17 bits per heavy atom. The molecular formula is C13H19NO4. The van der Waals surface area contributed by atoms with E-state index in [2.05, 4.69) is 5.32 Å². The lowest BCUT2D eigenvalue weighted by molar-refractivity contribution is -0.142. The molecule has 0 aliphatic carbocycles. The van der Waals surface area contributed by atoms with E-state index in [-0.39, 0.29) is 19.2 Å². The predicted molar refractivity (Wildman–Crippen MR) is 68.8 cm³/mol. The number of anilines is 1. The minimum atomic E-state index is -0.270. The van der Waals surface area contributed by atoms with Crippen LogP contribution in [0.5, 0.6) is 5.75 Å². The minimum Gasteiger partial charge on any atom is -0.466 e. The second-order valence-corrected chi connectivity index (χ2v) is 3.58. The quantitative estimate of drug-likeness (QED) is 0.593. The number of hydrogen-bond acceptors (Lipinski definition) is 5. The highest BCUT2D eigenvalue weighted by molar-refractivity contribution is 5.75. The summed E-state index contributed by atoms with van der Waals surface area (Å²) in [6, 6.07) is 5.57. The fourth-order valence-electron chi connectivity index (χ4n) is 1.58. The van der Waals surface area contributed by atoms with E-state index in [4.69, 9.17) is 14.2 Å². The molecule has 1 N–H and O–H groups in total. The molecule has 18 heavy (non-hydrogen) atoms. The molecule has 0 bridgehead atoms. The number of hydrogen-bond donors (Lipinski definition) is 1. The van der Waals surface area contributed by atoms with Crippen LogP contribution >= 0.6 is 0 Å². The number of carbonyl (C=O) groups excluding carboxylic acids is 1. The van der Waals surface area contributed by atoms with Gasteiger partial charge >= 0.3 is 5.97 Å². The number of para-hydroxylation sites is 1. The second-order valence-electron chi connectivity index (χ2n) is 3.58. The molecule has 0 spiro atoms. The first kappa shape index (κ1) is 14.3. The maximum Gasteiger partial charge on any atom is 0.310 e. The molecule has 0 heterocycles. The molecule has 100 valence electrons. The van der Waals surface area contributed by atoms with Gasteiger partial charge in [-0.1, -0.05) is 12.1 Å². The van der Waals surface area contributed by atoms with Gasteiger partial charge in [0.25, 0.3) is 0 Å². The van der Waals surface area contributed by atoms with Gasteiger partial charge < -0.3 is 19.5 Å². The molecule has 0 saturated heterocycles. The molecule has 0 saturated carbocycles. The van der Waals surface area contributed by atoms with Crippen LogP contribution in [0.1, 0.15) is 12.5 Å². The van der Waals surface area contributed by atoms with Gasteiger partial charge in [-0.2, -0.15) is 0 Å². The van der Waals surface area contributed by atoms with Gasteiger partial charge in [-0.25, -0.2) is 0 Å². The molecule has 0 aliphatic heterocycles. The van der Waals surface area contributed by atoms with Gasteiger partial charge in [-0.05, 0) is 13.0 Å². The maximum absolute atomic E-state index is 11.5. The monoisotopic (exact) mass is 253 g/mol. The van der Waals surface area contributed by atoms with Crippen LogP contribution < -0.4 is 10.1 Å². The van der Waals surface area contributed by atoms with Gasteiger partial charge in [-0.3, -0.25) is 4.79 Å². The number of ether oxygens (including phenoxy) is 3. The molecule has 0 aliphatic rings. The summed E-state index contributed by atoms with van der Waals surface area (Å²) in [5.41, 5.74) is 1.59. The van der Waals surface area contributed by atoms with Crippen molar-refractivity contribution in [1.82, 2.24) is 0 Å². The fraction of sp³-hybridized carbons (Fsp3) is 0.462. The summed E-state index contributed by atoms with van der Waals surface area (Å²) in [4.78, 5) is 11.5. The van der Waals surface area contributed by atoms with Crippen molar-refractivity contribution in [3.05, 3.63) is 23.8 Å². The third-order valence-electron chi connectivity index (χ3n) is 2.33. The Balaban J connectivity index is 2.90. The van der Waals surface area contributed by atoms with Crippen molar-refractivity contribution in [2.45, 2.75) is 13.3 Å². The zero-order valence-corrected chi connectivity index (χ0v) is 11.0. The summed E-state index contributed by atoms with van der Waals surface area (Å²) in [5, 5.41) is 3.02. The smallest absolute Gasteiger partial charge is 0.310 e. The lowest BCUT2D eigenvalue weighted by Crippen LogP contribution is -2.11. The first-order valence-electron chi connectivity index (χ1n) is 5.79. The first-order valence-corrected chi connectivity index (χ1v) is 5.79. The minimum absolute atomic E-state index is 0.133. The van der Waals surface area contributed by atoms with Crippen molar-refractivity contribution in [3.63, 3.8) is 0 Å². The van der Waals surface area contributed by atoms with Gasteiger partial charge in [0.05, 0.1) is 18.7 Å². The van der Waals surface area contributed by atoms with Crippen molar-refractivity contribution in [3.8, 4) is 5.75 Å². The molecule has 0 radical (unpaired) electrons. The van der Waals surface area contributed by atoms with Gasteiger partial charge in [0.1, 0.15) is 5.75 Å². The van der Waals surface area contributed by atoms with E-state index in [0.29, 0.717) is 12.4 Å². The van der Waals surface area contributed by atoms with E-state index in [9.17, 15) is 4.79 Å². The highest BCUT2D eigenvalue weighted by Crippen LogP contribution is 2.29. The third-order valence-corrected chi connectivity index (χ3v) is 2.33. The molecule has 0 atom stereocenters. The Labute approximate surface area is 107 Å². The number of carbonyl (C=O) groups is 1. The largest absolute Gasteiger partial charge is 0.466 e. The molecule has 1 aromatic rings. The van der Waals surface area contributed by atoms with Crippen LogP contribution in [0.2, 0.25) is 0 Å². The van der Waals surface area contributed by atoms with E-state index in [1.54, 1.807) is 21.1 Å². The second kappa shape index (κ2) is 7.55. The summed E-state index contributed by atoms with van der Waals surface area (Å²) < 4.78 is 15.3. The van der Waals surface area contributed by atoms with Crippen LogP contribution in [0.15, 0.2) is 18.2 Å². The Hall–Kier alpha value is -1.75. The Morgan fingerprint density at radius 3 is 2.78 bits per heavy atom. The van der Waals surface area contributed by atoms with Crippen LogP contribution in [0.25, 0.3) is 0 Å². The van der Waals surface area contributed by atoms with Gasteiger partial charge in [0.2, 0.25) is 0 Å². The number of methoxy groups -OCH3 is 1. The summed E-state index contributed by atoms with van der Waals surface area (Å²) in [6.45, 7) is 2.29. The average Bonchev–Trinajstić information content (AvgIpc) is 2.37. The van der Waals surface area contributed by atoms with Crippen LogP contribution in [0.3, 0.4) is 0 Å². The van der Waals surface area contributed by atoms with Crippen molar-refractivity contribution in [2.24, 2.45) is 0 Å². The highest BCUT2D eigenvalue weighted by atomic mass is 16.7. The van der Waals surface area contributed by atoms with Crippen LogP contribution in [-0.4, -0.2) is 33.5 Å². The van der Waals surface area contributed by atoms with E-state index >= 15 is 0 Å². The summed E-state index contributed by atoms with van der Waals surface area (Å²) in [5.74, 6) is 0.350. The SMILES string of the molecule is CCOC(=O)Cc1cccc(NC)c1OCOC. The fourth-order valence-corrected chi connectivity index (χ4v) is 1.58. The number of rotatable bonds is 7.